The lowest BCUT2D eigenvalue weighted by Crippen LogP contribution is -2.33. The van der Waals surface area contributed by atoms with Crippen molar-refractivity contribution in [2.24, 2.45) is 0 Å². The molecular weight excluding hydrogens is 440 g/mol. The van der Waals surface area contributed by atoms with Gasteiger partial charge in [-0.1, -0.05) is 24.3 Å². The van der Waals surface area contributed by atoms with Gasteiger partial charge < -0.3 is 4.74 Å². The first-order valence-corrected chi connectivity index (χ1v) is 11.5. The summed E-state index contributed by atoms with van der Waals surface area (Å²) in [4.78, 5) is 38.7. The number of fused-ring (bicyclic) bond motifs is 1. The monoisotopic (exact) mass is 456 g/mol. The minimum atomic E-state index is -3.85. The van der Waals surface area contributed by atoms with E-state index >= 15 is 0 Å². The number of hydrogen-bond acceptors (Lipinski definition) is 7. The van der Waals surface area contributed by atoms with Gasteiger partial charge in [0, 0.05) is 11.4 Å². The molecule has 158 valence electrons. The maximum absolute atomic E-state index is 12.5. The van der Waals surface area contributed by atoms with Gasteiger partial charge in [-0.15, -0.1) is 11.3 Å². The van der Waals surface area contributed by atoms with E-state index in [1.807, 2.05) is 11.4 Å². The summed E-state index contributed by atoms with van der Waals surface area (Å²) in [7, 11) is -3.85. The van der Waals surface area contributed by atoms with Crippen molar-refractivity contribution in [2.45, 2.75) is 11.4 Å². The van der Waals surface area contributed by atoms with Crippen LogP contribution < -0.4 is 4.72 Å². The second kappa shape index (κ2) is 8.42. The first-order chi connectivity index (χ1) is 14.9. The second-order valence-electron chi connectivity index (χ2n) is 6.58. The molecule has 0 atom stereocenters. The molecule has 4 rings (SSSR count). The van der Waals surface area contributed by atoms with Crippen LogP contribution in [-0.4, -0.2) is 37.8 Å². The Balaban J connectivity index is 1.43. The molecule has 0 unspecified atom stereocenters. The van der Waals surface area contributed by atoms with E-state index in [4.69, 9.17) is 4.74 Å². The normalized spacial score (nSPS) is 13.4. The lowest BCUT2D eigenvalue weighted by atomic mass is 10.1. The number of nitrogens with one attached hydrogen (secondary N) is 1. The predicted octanol–water partition coefficient (Wildman–Crippen LogP) is 2.64. The number of thiophene rings is 1. The van der Waals surface area contributed by atoms with Crippen LogP contribution in [0.1, 0.15) is 36.0 Å². The van der Waals surface area contributed by atoms with E-state index < -0.39 is 34.5 Å². The Morgan fingerprint density at radius 1 is 0.968 bits per heavy atom. The molecule has 0 saturated carbocycles. The Hall–Kier alpha value is -3.34. The third-order valence-corrected chi connectivity index (χ3v) is 6.87. The van der Waals surface area contributed by atoms with Gasteiger partial charge in [0.1, 0.15) is 0 Å². The Bertz CT molecular complexity index is 1230. The van der Waals surface area contributed by atoms with Crippen molar-refractivity contribution in [3.05, 3.63) is 87.6 Å². The Kier molecular flexibility index (Phi) is 5.68. The van der Waals surface area contributed by atoms with Crippen molar-refractivity contribution in [3.8, 4) is 0 Å². The third-order valence-electron chi connectivity index (χ3n) is 4.60. The number of esters is 1. The number of nitrogens with zero attached hydrogens (tertiary/aromatic N) is 1. The molecule has 10 heteroatoms. The van der Waals surface area contributed by atoms with Crippen LogP contribution in [0.15, 0.2) is 70.9 Å². The topological polar surface area (TPSA) is 110 Å². The minimum absolute atomic E-state index is 0.0180. The smallest absolute Gasteiger partial charge is 0.339 e. The summed E-state index contributed by atoms with van der Waals surface area (Å²) in [5, 5.41) is 1.84. The average molecular weight is 457 g/mol. The zero-order chi connectivity index (χ0) is 22.0. The predicted molar refractivity (Wildman–Crippen MR) is 112 cm³/mol. The van der Waals surface area contributed by atoms with Gasteiger partial charge in [0.05, 0.1) is 21.6 Å². The molecule has 3 aromatic rings. The van der Waals surface area contributed by atoms with Crippen molar-refractivity contribution >= 4 is 39.1 Å². The third kappa shape index (κ3) is 4.26. The molecule has 8 nitrogen and oxygen atoms in total. The highest BCUT2D eigenvalue weighted by Crippen LogP contribution is 2.22. The second-order valence-corrected chi connectivity index (χ2v) is 9.38. The van der Waals surface area contributed by atoms with Crippen molar-refractivity contribution in [1.29, 1.82) is 0 Å². The molecular formula is C21H16N2O6S2. The zero-order valence-electron chi connectivity index (χ0n) is 16.0. The van der Waals surface area contributed by atoms with Crippen molar-refractivity contribution in [1.82, 2.24) is 9.62 Å². The molecule has 1 aromatic heterocycles. The molecule has 0 fully saturated rings. The summed E-state index contributed by atoms with van der Waals surface area (Å²) >= 11 is 1.42. The van der Waals surface area contributed by atoms with Gasteiger partial charge in [0.2, 0.25) is 10.0 Å². The number of amides is 2. The maximum Gasteiger partial charge on any atom is 0.339 e. The van der Waals surface area contributed by atoms with E-state index in [-0.39, 0.29) is 28.1 Å². The molecule has 1 N–H and O–H groups in total. The highest BCUT2D eigenvalue weighted by Gasteiger charge is 2.35. The number of carbonyl (C=O) groups is 3. The van der Waals surface area contributed by atoms with Gasteiger partial charge in [0.25, 0.3) is 11.8 Å². The van der Waals surface area contributed by atoms with Crippen LogP contribution in [0.3, 0.4) is 0 Å². The van der Waals surface area contributed by atoms with Gasteiger partial charge >= 0.3 is 5.97 Å². The number of rotatable bonds is 7. The summed E-state index contributed by atoms with van der Waals surface area (Å²) < 4.78 is 32.6. The molecule has 31 heavy (non-hydrogen) atoms. The van der Waals surface area contributed by atoms with E-state index in [0.717, 1.165) is 9.78 Å². The molecule has 0 aliphatic carbocycles. The summed E-state index contributed by atoms with van der Waals surface area (Å²) in [6.07, 6.45) is 0. The molecule has 1 aliphatic heterocycles. The number of sulfonamides is 1. The highest BCUT2D eigenvalue weighted by molar-refractivity contribution is 7.89. The SMILES string of the molecule is O=C(OCN1C(=O)c2ccccc2C1=O)c1cccc(S(=O)(=O)NCc2cccs2)c1. The first kappa shape index (κ1) is 20.9. The average Bonchev–Trinajstić information content (AvgIpc) is 3.38. The fourth-order valence-electron chi connectivity index (χ4n) is 3.02. The Morgan fingerprint density at radius 3 is 2.32 bits per heavy atom. The van der Waals surface area contributed by atoms with Crippen LogP contribution in [0.5, 0.6) is 0 Å². The maximum atomic E-state index is 12.5. The van der Waals surface area contributed by atoms with Crippen LogP contribution >= 0.6 is 11.3 Å². The van der Waals surface area contributed by atoms with Crippen LogP contribution in [0.4, 0.5) is 0 Å². The van der Waals surface area contributed by atoms with Gasteiger partial charge in [-0.25, -0.2) is 22.8 Å². The van der Waals surface area contributed by atoms with Crippen molar-refractivity contribution in [3.63, 3.8) is 0 Å². The fourth-order valence-corrected chi connectivity index (χ4v) is 4.80. The van der Waals surface area contributed by atoms with E-state index in [9.17, 15) is 22.8 Å². The number of imide groups is 1. The minimum Gasteiger partial charge on any atom is -0.440 e. The molecule has 0 bridgehead atoms. The lowest BCUT2D eigenvalue weighted by Gasteiger charge is -2.14. The van der Waals surface area contributed by atoms with E-state index in [1.165, 1.54) is 47.7 Å². The van der Waals surface area contributed by atoms with Gasteiger partial charge in [-0.05, 0) is 41.8 Å². The first-order valence-electron chi connectivity index (χ1n) is 9.11. The van der Waals surface area contributed by atoms with Gasteiger partial charge in [-0.2, -0.15) is 0 Å². The Morgan fingerprint density at radius 2 is 1.68 bits per heavy atom. The molecule has 2 aromatic carbocycles. The molecule has 0 saturated heterocycles. The standard InChI is InChI=1S/C21H16N2O6S2/c24-19-17-8-1-2-9-18(17)20(25)23(19)13-29-21(26)14-5-3-7-16(11-14)31(27,28)22-12-15-6-4-10-30-15/h1-11,22H,12-13H2. The summed E-state index contributed by atoms with van der Waals surface area (Å²) in [6, 6.07) is 15.3. The fraction of sp³-hybridized carbons (Fsp3) is 0.0952. The Labute approximate surface area is 182 Å². The molecule has 0 radical (unpaired) electrons. The number of hydrogen-bond donors (Lipinski definition) is 1. The van der Waals surface area contributed by atoms with Crippen LogP contribution in [0.2, 0.25) is 0 Å². The van der Waals surface area contributed by atoms with E-state index in [1.54, 1.807) is 18.2 Å². The molecule has 0 spiro atoms. The van der Waals surface area contributed by atoms with E-state index in [0.29, 0.717) is 0 Å². The van der Waals surface area contributed by atoms with Crippen molar-refractivity contribution < 1.29 is 27.5 Å². The summed E-state index contributed by atoms with van der Waals surface area (Å²) in [6.45, 7) is -0.437. The van der Waals surface area contributed by atoms with Crippen LogP contribution in [0.25, 0.3) is 0 Å². The van der Waals surface area contributed by atoms with E-state index in [2.05, 4.69) is 4.72 Å². The highest BCUT2D eigenvalue weighted by atomic mass is 32.2. The van der Waals surface area contributed by atoms with Crippen LogP contribution in [-0.2, 0) is 21.3 Å². The van der Waals surface area contributed by atoms with Crippen molar-refractivity contribution in [2.75, 3.05) is 6.73 Å². The zero-order valence-corrected chi connectivity index (χ0v) is 17.6. The number of ether oxygens (including phenoxy) is 1. The van der Waals surface area contributed by atoms with Gasteiger partial charge in [0.15, 0.2) is 6.73 Å². The molecule has 2 amide bonds. The van der Waals surface area contributed by atoms with Gasteiger partial charge in [-0.3, -0.25) is 9.59 Å². The molecule has 2 heterocycles. The number of benzene rings is 2. The summed E-state index contributed by atoms with van der Waals surface area (Å²) in [5.74, 6) is -1.96. The summed E-state index contributed by atoms with van der Waals surface area (Å²) in [5.41, 5.74) is 0.470. The van der Waals surface area contributed by atoms with Crippen LogP contribution in [0, 0.1) is 0 Å². The largest absolute Gasteiger partial charge is 0.440 e. The number of carbonyl (C=O) groups excluding carboxylic acids is 3. The molecule has 1 aliphatic rings. The lowest BCUT2D eigenvalue weighted by molar-refractivity contribution is 0.0228. The quantitative estimate of drug-likeness (QED) is 0.432.